The monoisotopic (exact) mass is 246 g/mol. The molecule has 1 aliphatic heterocycles. The lowest BCUT2D eigenvalue weighted by atomic mass is 10.1. The van der Waals surface area contributed by atoms with Gasteiger partial charge < -0.3 is 10.2 Å². The predicted octanol–water partition coefficient (Wildman–Crippen LogP) is 1.61. The Labute approximate surface area is 109 Å². The van der Waals surface area contributed by atoms with Crippen molar-refractivity contribution >= 4 is 5.91 Å². The summed E-state index contributed by atoms with van der Waals surface area (Å²) in [4.78, 5) is 14.0. The average Bonchev–Trinajstić information content (AvgIpc) is 2.46. The lowest BCUT2D eigenvalue weighted by Crippen LogP contribution is -2.46. The van der Waals surface area contributed by atoms with Gasteiger partial charge >= 0.3 is 0 Å². The molecule has 1 aromatic rings. The van der Waals surface area contributed by atoms with Crippen LogP contribution in [-0.4, -0.2) is 37.0 Å². The third-order valence-electron chi connectivity index (χ3n) is 3.53. The first kappa shape index (κ1) is 13.1. The van der Waals surface area contributed by atoms with Gasteiger partial charge in [-0.15, -0.1) is 0 Å². The summed E-state index contributed by atoms with van der Waals surface area (Å²) < 4.78 is 0. The molecule has 18 heavy (non-hydrogen) atoms. The Morgan fingerprint density at radius 3 is 2.39 bits per heavy atom. The van der Waals surface area contributed by atoms with Crippen molar-refractivity contribution in [2.45, 2.75) is 26.2 Å². The van der Waals surface area contributed by atoms with E-state index in [4.69, 9.17) is 0 Å². The standard InChI is InChI=1S/C15H22N2O/c1-2-13-3-5-14(6-4-13)7-8-15(18)17-11-9-16-10-12-17/h3-6,16H,2,7-12H2,1H3. The zero-order valence-corrected chi connectivity index (χ0v) is 11.1. The molecular weight excluding hydrogens is 224 g/mol. The summed E-state index contributed by atoms with van der Waals surface area (Å²) in [6.07, 6.45) is 2.55. The van der Waals surface area contributed by atoms with Gasteiger partial charge in [0.2, 0.25) is 5.91 Å². The maximum Gasteiger partial charge on any atom is 0.222 e. The van der Waals surface area contributed by atoms with Crippen LogP contribution in [0.15, 0.2) is 24.3 Å². The SMILES string of the molecule is CCc1ccc(CCC(=O)N2CCNCC2)cc1. The van der Waals surface area contributed by atoms with E-state index in [1.165, 1.54) is 11.1 Å². The highest BCUT2D eigenvalue weighted by atomic mass is 16.2. The molecule has 1 fully saturated rings. The molecule has 1 saturated heterocycles. The molecular formula is C15H22N2O. The van der Waals surface area contributed by atoms with Crippen molar-refractivity contribution < 1.29 is 4.79 Å². The Kier molecular flexibility index (Phi) is 4.76. The molecule has 1 aliphatic rings. The van der Waals surface area contributed by atoms with Crippen LogP contribution >= 0.6 is 0 Å². The number of amides is 1. The van der Waals surface area contributed by atoms with Gasteiger partial charge in [-0.3, -0.25) is 4.79 Å². The highest BCUT2D eigenvalue weighted by molar-refractivity contribution is 5.76. The highest BCUT2D eigenvalue weighted by Gasteiger charge is 2.15. The van der Waals surface area contributed by atoms with Gasteiger partial charge in [-0.1, -0.05) is 31.2 Å². The van der Waals surface area contributed by atoms with E-state index in [0.29, 0.717) is 6.42 Å². The van der Waals surface area contributed by atoms with Crippen molar-refractivity contribution in [3.63, 3.8) is 0 Å². The second kappa shape index (κ2) is 6.55. The Balaban J connectivity index is 1.80. The van der Waals surface area contributed by atoms with Crippen molar-refractivity contribution in [1.82, 2.24) is 10.2 Å². The normalized spacial score (nSPS) is 15.7. The molecule has 1 heterocycles. The molecule has 2 rings (SSSR count). The number of hydrogen-bond donors (Lipinski definition) is 1. The molecule has 0 atom stereocenters. The van der Waals surface area contributed by atoms with Crippen LogP contribution in [0.3, 0.4) is 0 Å². The number of benzene rings is 1. The minimum absolute atomic E-state index is 0.288. The number of rotatable bonds is 4. The van der Waals surface area contributed by atoms with Gasteiger partial charge in [0.25, 0.3) is 0 Å². The van der Waals surface area contributed by atoms with E-state index >= 15 is 0 Å². The zero-order valence-electron chi connectivity index (χ0n) is 11.1. The average molecular weight is 246 g/mol. The number of hydrogen-bond acceptors (Lipinski definition) is 2. The van der Waals surface area contributed by atoms with E-state index in [0.717, 1.165) is 39.0 Å². The van der Waals surface area contributed by atoms with Crippen molar-refractivity contribution in [2.24, 2.45) is 0 Å². The van der Waals surface area contributed by atoms with Gasteiger partial charge in [-0.2, -0.15) is 0 Å². The van der Waals surface area contributed by atoms with Crippen LogP contribution < -0.4 is 5.32 Å². The van der Waals surface area contributed by atoms with Gasteiger partial charge in [0.05, 0.1) is 0 Å². The van der Waals surface area contributed by atoms with Crippen molar-refractivity contribution in [3.8, 4) is 0 Å². The van der Waals surface area contributed by atoms with Crippen molar-refractivity contribution in [2.75, 3.05) is 26.2 Å². The number of piperazine rings is 1. The molecule has 98 valence electrons. The first-order chi connectivity index (χ1) is 8.79. The fraction of sp³-hybridized carbons (Fsp3) is 0.533. The lowest BCUT2D eigenvalue weighted by molar-refractivity contribution is -0.131. The van der Waals surface area contributed by atoms with Crippen molar-refractivity contribution in [3.05, 3.63) is 35.4 Å². The maximum atomic E-state index is 12.0. The summed E-state index contributed by atoms with van der Waals surface area (Å²) in [5.74, 6) is 0.288. The van der Waals surface area contributed by atoms with E-state index in [9.17, 15) is 4.79 Å². The number of carbonyl (C=O) groups is 1. The second-order valence-corrected chi connectivity index (χ2v) is 4.80. The molecule has 3 nitrogen and oxygen atoms in total. The van der Waals surface area contributed by atoms with Crippen molar-refractivity contribution in [1.29, 1.82) is 0 Å². The highest BCUT2D eigenvalue weighted by Crippen LogP contribution is 2.08. The van der Waals surface area contributed by atoms with Gasteiger partial charge in [0.1, 0.15) is 0 Å². The topological polar surface area (TPSA) is 32.3 Å². The molecule has 3 heteroatoms. The van der Waals surface area contributed by atoms with Crippen LogP contribution in [0.4, 0.5) is 0 Å². The smallest absolute Gasteiger partial charge is 0.222 e. The van der Waals surface area contributed by atoms with Gasteiger partial charge in [0.15, 0.2) is 0 Å². The van der Waals surface area contributed by atoms with Crippen LogP contribution in [0.1, 0.15) is 24.5 Å². The Bertz CT molecular complexity index is 380. The summed E-state index contributed by atoms with van der Waals surface area (Å²) in [6.45, 7) is 5.72. The number of nitrogens with zero attached hydrogens (tertiary/aromatic N) is 1. The van der Waals surface area contributed by atoms with Crippen LogP contribution in [-0.2, 0) is 17.6 Å². The molecule has 1 aromatic carbocycles. The molecule has 1 N–H and O–H groups in total. The van der Waals surface area contributed by atoms with Gasteiger partial charge in [-0.25, -0.2) is 0 Å². The quantitative estimate of drug-likeness (QED) is 0.875. The van der Waals surface area contributed by atoms with Crippen LogP contribution in [0.2, 0.25) is 0 Å². The second-order valence-electron chi connectivity index (χ2n) is 4.80. The predicted molar refractivity (Wildman–Crippen MR) is 73.6 cm³/mol. The molecule has 0 radical (unpaired) electrons. The molecule has 0 aliphatic carbocycles. The van der Waals surface area contributed by atoms with E-state index < -0.39 is 0 Å². The minimum atomic E-state index is 0.288. The molecule has 0 unspecified atom stereocenters. The zero-order chi connectivity index (χ0) is 12.8. The fourth-order valence-electron chi connectivity index (χ4n) is 2.27. The van der Waals surface area contributed by atoms with Crippen LogP contribution in [0, 0.1) is 0 Å². The first-order valence-corrected chi connectivity index (χ1v) is 6.86. The third kappa shape index (κ3) is 3.57. The van der Waals surface area contributed by atoms with E-state index in [1.54, 1.807) is 0 Å². The minimum Gasteiger partial charge on any atom is -0.340 e. The summed E-state index contributed by atoms with van der Waals surface area (Å²) in [5, 5.41) is 3.26. The van der Waals surface area contributed by atoms with E-state index in [1.807, 2.05) is 4.90 Å². The van der Waals surface area contributed by atoms with E-state index in [-0.39, 0.29) is 5.91 Å². The van der Waals surface area contributed by atoms with Gasteiger partial charge in [0, 0.05) is 32.6 Å². The van der Waals surface area contributed by atoms with Crippen LogP contribution in [0.5, 0.6) is 0 Å². The summed E-state index contributed by atoms with van der Waals surface area (Å²) in [5.41, 5.74) is 2.61. The number of aryl methyl sites for hydroxylation is 2. The molecule has 0 aromatic heterocycles. The number of nitrogens with one attached hydrogen (secondary N) is 1. The molecule has 1 amide bonds. The first-order valence-electron chi connectivity index (χ1n) is 6.86. The summed E-state index contributed by atoms with van der Waals surface area (Å²) in [6, 6.07) is 8.60. The number of carbonyl (C=O) groups excluding carboxylic acids is 1. The lowest BCUT2D eigenvalue weighted by Gasteiger charge is -2.27. The van der Waals surface area contributed by atoms with Crippen LogP contribution in [0.25, 0.3) is 0 Å². The summed E-state index contributed by atoms with van der Waals surface area (Å²) in [7, 11) is 0. The third-order valence-corrected chi connectivity index (χ3v) is 3.53. The summed E-state index contributed by atoms with van der Waals surface area (Å²) >= 11 is 0. The Morgan fingerprint density at radius 1 is 1.17 bits per heavy atom. The molecule has 0 bridgehead atoms. The molecule has 0 saturated carbocycles. The Morgan fingerprint density at radius 2 is 1.78 bits per heavy atom. The molecule has 0 spiro atoms. The largest absolute Gasteiger partial charge is 0.340 e. The maximum absolute atomic E-state index is 12.0. The fourth-order valence-corrected chi connectivity index (χ4v) is 2.27. The van der Waals surface area contributed by atoms with E-state index in [2.05, 4.69) is 36.5 Å². The Hall–Kier alpha value is -1.35. The van der Waals surface area contributed by atoms with Gasteiger partial charge in [-0.05, 0) is 24.0 Å².